The molecule has 3 aromatic rings. The number of aromatic nitrogens is 4. The quantitative estimate of drug-likeness (QED) is 0.720. The minimum absolute atomic E-state index is 0.0242. The Balaban J connectivity index is 2.12. The minimum atomic E-state index is -4.51. The molecule has 0 amide bonds. The van der Waals surface area contributed by atoms with Crippen LogP contribution in [0.4, 0.5) is 13.2 Å². The van der Waals surface area contributed by atoms with E-state index >= 15 is 0 Å². The molecule has 2 heterocycles. The maximum absolute atomic E-state index is 12.8. The summed E-state index contributed by atoms with van der Waals surface area (Å²) in [4.78, 5) is 16.1. The highest BCUT2D eigenvalue weighted by atomic mass is 35.5. The second kappa shape index (κ2) is 5.54. The van der Waals surface area contributed by atoms with Gasteiger partial charge in [-0.15, -0.1) is 0 Å². The molecule has 23 heavy (non-hydrogen) atoms. The zero-order chi connectivity index (χ0) is 16.6. The summed E-state index contributed by atoms with van der Waals surface area (Å²) in [5, 5.41) is 3.72. The molecule has 0 saturated heterocycles. The van der Waals surface area contributed by atoms with Gasteiger partial charge in [0, 0.05) is 12.4 Å². The van der Waals surface area contributed by atoms with E-state index in [1.807, 2.05) is 0 Å². The van der Waals surface area contributed by atoms with Crippen LogP contribution in [0.5, 0.6) is 0 Å². The molecule has 0 atom stereocenters. The third-order valence-electron chi connectivity index (χ3n) is 3.10. The van der Waals surface area contributed by atoms with Gasteiger partial charge in [-0.25, -0.2) is 4.98 Å². The lowest BCUT2D eigenvalue weighted by molar-refractivity contribution is -0.137. The van der Waals surface area contributed by atoms with Gasteiger partial charge in [-0.1, -0.05) is 17.7 Å². The summed E-state index contributed by atoms with van der Waals surface area (Å²) in [6.45, 7) is 0. The van der Waals surface area contributed by atoms with Crippen LogP contribution in [0, 0.1) is 0 Å². The maximum Gasteiger partial charge on any atom is 0.416 e. The van der Waals surface area contributed by atoms with Crippen molar-refractivity contribution in [2.75, 3.05) is 0 Å². The third kappa shape index (κ3) is 2.85. The lowest BCUT2D eigenvalue weighted by Gasteiger charge is -2.11. The number of rotatable bonds is 2. The predicted octanol–water partition coefficient (Wildman–Crippen LogP) is 3.09. The standard InChI is InChI=1S/C14H8ClF3N4O/c15-12-11(21-5-4-19-8-21)7-20-22(13(12)23)10-3-1-2-9(6-10)14(16,17)18/h1-8H. The van der Waals surface area contributed by atoms with Crippen molar-refractivity contribution < 1.29 is 13.2 Å². The van der Waals surface area contributed by atoms with Crippen molar-refractivity contribution in [1.29, 1.82) is 0 Å². The Morgan fingerprint density at radius 1 is 1.22 bits per heavy atom. The van der Waals surface area contributed by atoms with E-state index in [4.69, 9.17) is 11.6 Å². The molecule has 0 aliphatic carbocycles. The zero-order valence-electron chi connectivity index (χ0n) is 11.3. The summed E-state index contributed by atoms with van der Waals surface area (Å²) in [6, 6.07) is 4.29. The van der Waals surface area contributed by atoms with Gasteiger partial charge in [0.25, 0.3) is 5.56 Å². The number of alkyl halides is 3. The Morgan fingerprint density at radius 2 is 2.00 bits per heavy atom. The molecule has 5 nitrogen and oxygen atoms in total. The molecule has 0 unspecified atom stereocenters. The first-order chi connectivity index (χ1) is 10.9. The molecule has 0 spiro atoms. The first-order valence-corrected chi connectivity index (χ1v) is 6.69. The fourth-order valence-corrected chi connectivity index (χ4v) is 2.23. The van der Waals surface area contributed by atoms with Crippen molar-refractivity contribution in [2.24, 2.45) is 0 Å². The second-order valence-corrected chi connectivity index (χ2v) is 4.96. The lowest BCUT2D eigenvalue weighted by atomic mass is 10.2. The van der Waals surface area contributed by atoms with Crippen molar-refractivity contribution in [1.82, 2.24) is 19.3 Å². The molecule has 0 saturated carbocycles. The lowest BCUT2D eigenvalue weighted by Crippen LogP contribution is -2.23. The van der Waals surface area contributed by atoms with Crippen LogP contribution in [-0.4, -0.2) is 19.3 Å². The Labute approximate surface area is 132 Å². The van der Waals surface area contributed by atoms with Crippen LogP contribution in [0.1, 0.15) is 5.56 Å². The van der Waals surface area contributed by atoms with Crippen LogP contribution in [0.2, 0.25) is 5.02 Å². The number of benzene rings is 1. The molecular weight excluding hydrogens is 333 g/mol. The first kappa shape index (κ1) is 15.3. The molecule has 0 aliphatic rings. The second-order valence-electron chi connectivity index (χ2n) is 4.58. The van der Waals surface area contributed by atoms with E-state index in [1.165, 1.54) is 35.4 Å². The van der Waals surface area contributed by atoms with E-state index in [0.29, 0.717) is 0 Å². The summed E-state index contributed by atoms with van der Waals surface area (Å²) in [7, 11) is 0. The molecule has 0 bridgehead atoms. The van der Waals surface area contributed by atoms with Gasteiger partial charge in [0.2, 0.25) is 0 Å². The van der Waals surface area contributed by atoms with Crippen LogP contribution >= 0.6 is 11.6 Å². The first-order valence-electron chi connectivity index (χ1n) is 6.32. The summed E-state index contributed by atoms with van der Waals surface area (Å²) < 4.78 is 40.6. The molecular formula is C14H8ClF3N4O. The van der Waals surface area contributed by atoms with E-state index in [0.717, 1.165) is 16.8 Å². The third-order valence-corrected chi connectivity index (χ3v) is 3.46. The molecule has 0 radical (unpaired) electrons. The van der Waals surface area contributed by atoms with Crippen LogP contribution < -0.4 is 5.56 Å². The average Bonchev–Trinajstić information content (AvgIpc) is 3.03. The maximum atomic E-state index is 12.8. The Kier molecular flexibility index (Phi) is 3.69. The summed E-state index contributed by atoms with van der Waals surface area (Å²) in [5.74, 6) is 0. The smallest absolute Gasteiger partial charge is 0.303 e. The van der Waals surface area contributed by atoms with Crippen molar-refractivity contribution in [3.63, 3.8) is 0 Å². The number of nitrogens with zero attached hydrogens (tertiary/aromatic N) is 4. The van der Waals surface area contributed by atoms with Gasteiger partial charge in [0.05, 0.1) is 29.5 Å². The molecule has 118 valence electrons. The van der Waals surface area contributed by atoms with Gasteiger partial charge in [-0.3, -0.25) is 4.79 Å². The molecule has 9 heteroatoms. The summed E-state index contributed by atoms with van der Waals surface area (Å²) in [5.41, 5.74) is -1.34. The van der Waals surface area contributed by atoms with E-state index < -0.39 is 17.3 Å². The fourth-order valence-electron chi connectivity index (χ4n) is 2.00. The summed E-state index contributed by atoms with van der Waals surface area (Å²) in [6.07, 6.45) is 1.26. The van der Waals surface area contributed by atoms with Crippen LogP contribution in [0.15, 0.2) is 54.0 Å². The molecule has 2 aromatic heterocycles. The van der Waals surface area contributed by atoms with Gasteiger partial charge < -0.3 is 4.57 Å². The Morgan fingerprint density at radius 3 is 2.65 bits per heavy atom. The van der Waals surface area contributed by atoms with Gasteiger partial charge >= 0.3 is 6.18 Å². The van der Waals surface area contributed by atoms with E-state index in [1.54, 1.807) is 6.20 Å². The zero-order valence-corrected chi connectivity index (χ0v) is 12.1. The monoisotopic (exact) mass is 340 g/mol. The predicted molar refractivity (Wildman–Crippen MR) is 77.0 cm³/mol. The van der Waals surface area contributed by atoms with Gasteiger partial charge in [0.15, 0.2) is 0 Å². The number of halogens is 4. The van der Waals surface area contributed by atoms with E-state index in [2.05, 4.69) is 10.1 Å². The molecule has 0 aliphatic heterocycles. The largest absolute Gasteiger partial charge is 0.416 e. The highest BCUT2D eigenvalue weighted by molar-refractivity contribution is 6.32. The number of imidazole rings is 1. The van der Waals surface area contributed by atoms with Crippen molar-refractivity contribution in [2.45, 2.75) is 6.18 Å². The van der Waals surface area contributed by atoms with Crippen molar-refractivity contribution in [3.05, 3.63) is 70.1 Å². The summed E-state index contributed by atoms with van der Waals surface area (Å²) >= 11 is 6.03. The molecule has 1 aromatic carbocycles. The SMILES string of the molecule is O=c1c(Cl)c(-n2ccnc2)cnn1-c1cccc(C(F)(F)F)c1. The normalized spacial score (nSPS) is 11.7. The average molecular weight is 341 g/mol. The topological polar surface area (TPSA) is 52.7 Å². The van der Waals surface area contributed by atoms with Crippen LogP contribution in [-0.2, 0) is 6.18 Å². The fraction of sp³-hybridized carbons (Fsp3) is 0.0714. The van der Waals surface area contributed by atoms with Gasteiger partial charge in [0.1, 0.15) is 5.02 Å². The van der Waals surface area contributed by atoms with E-state index in [-0.39, 0.29) is 16.4 Å². The molecule has 0 N–H and O–H groups in total. The van der Waals surface area contributed by atoms with Gasteiger partial charge in [-0.2, -0.15) is 23.0 Å². The van der Waals surface area contributed by atoms with Crippen molar-refractivity contribution in [3.8, 4) is 11.4 Å². The Bertz CT molecular complexity index is 903. The Hall–Kier alpha value is -2.61. The highest BCUT2D eigenvalue weighted by Gasteiger charge is 2.30. The van der Waals surface area contributed by atoms with E-state index in [9.17, 15) is 18.0 Å². The number of hydrogen-bond donors (Lipinski definition) is 0. The van der Waals surface area contributed by atoms with Crippen LogP contribution in [0.25, 0.3) is 11.4 Å². The minimum Gasteiger partial charge on any atom is -0.303 e. The highest BCUT2D eigenvalue weighted by Crippen LogP contribution is 2.30. The van der Waals surface area contributed by atoms with Crippen LogP contribution in [0.3, 0.4) is 0 Å². The van der Waals surface area contributed by atoms with Crippen molar-refractivity contribution >= 4 is 11.6 Å². The molecule has 3 rings (SSSR count). The molecule has 0 fully saturated rings. The van der Waals surface area contributed by atoms with Gasteiger partial charge in [-0.05, 0) is 18.2 Å². The number of hydrogen-bond acceptors (Lipinski definition) is 3.